The van der Waals surface area contributed by atoms with Crippen LogP contribution in [-0.4, -0.2) is 32.8 Å². The normalized spacial score (nSPS) is 12.7. The Morgan fingerprint density at radius 1 is 1.19 bits per heavy atom. The molecule has 21 heavy (non-hydrogen) atoms. The molecule has 0 amide bonds. The van der Waals surface area contributed by atoms with E-state index in [9.17, 15) is 0 Å². The lowest BCUT2D eigenvalue weighted by molar-refractivity contribution is 0.0846. The van der Waals surface area contributed by atoms with Crippen molar-refractivity contribution < 1.29 is 4.74 Å². The molecule has 0 saturated carbocycles. The molecule has 1 aromatic rings. The summed E-state index contributed by atoms with van der Waals surface area (Å²) in [4.78, 5) is 2.30. The summed E-state index contributed by atoms with van der Waals surface area (Å²) in [5, 5.41) is 3.65. The molecule has 0 radical (unpaired) electrons. The summed E-state index contributed by atoms with van der Waals surface area (Å²) < 4.78 is 5.67. The number of nitrogens with zero attached hydrogens (tertiary/aromatic N) is 1. The zero-order valence-corrected chi connectivity index (χ0v) is 14.4. The second kappa shape index (κ2) is 9.80. The molecule has 0 bridgehead atoms. The lowest BCUT2D eigenvalue weighted by Crippen LogP contribution is -2.28. The maximum Gasteiger partial charge on any atom is 0.0644 e. The fourth-order valence-corrected chi connectivity index (χ4v) is 2.47. The molecule has 0 heterocycles. The second-order valence-electron chi connectivity index (χ2n) is 5.81. The van der Waals surface area contributed by atoms with Gasteiger partial charge in [0.15, 0.2) is 0 Å². The number of benzene rings is 1. The predicted octanol–water partition coefficient (Wildman–Crippen LogP) is 4.00. The van der Waals surface area contributed by atoms with Crippen LogP contribution < -0.4 is 10.2 Å². The minimum atomic E-state index is 0.295. The van der Waals surface area contributed by atoms with Gasteiger partial charge in [-0.05, 0) is 44.9 Å². The third kappa shape index (κ3) is 6.06. The van der Waals surface area contributed by atoms with Gasteiger partial charge in [0, 0.05) is 25.3 Å². The van der Waals surface area contributed by atoms with Gasteiger partial charge in [-0.2, -0.15) is 0 Å². The molecule has 0 aromatic heterocycles. The van der Waals surface area contributed by atoms with Gasteiger partial charge < -0.3 is 15.0 Å². The maximum atomic E-state index is 5.67. The van der Waals surface area contributed by atoms with Crippen LogP contribution in [0.15, 0.2) is 24.3 Å². The van der Waals surface area contributed by atoms with Gasteiger partial charge in [-0.3, -0.25) is 0 Å². The molecule has 3 heteroatoms. The Morgan fingerprint density at radius 2 is 1.90 bits per heavy atom. The van der Waals surface area contributed by atoms with Gasteiger partial charge in [0.25, 0.3) is 0 Å². The Labute approximate surface area is 130 Å². The van der Waals surface area contributed by atoms with E-state index < -0.39 is 0 Å². The minimum absolute atomic E-state index is 0.295. The monoisotopic (exact) mass is 292 g/mol. The third-order valence-corrected chi connectivity index (χ3v) is 3.65. The molecule has 1 aromatic carbocycles. The van der Waals surface area contributed by atoms with Gasteiger partial charge in [-0.1, -0.05) is 32.0 Å². The quantitative estimate of drug-likeness (QED) is 0.705. The van der Waals surface area contributed by atoms with Gasteiger partial charge >= 0.3 is 0 Å². The van der Waals surface area contributed by atoms with E-state index >= 15 is 0 Å². The summed E-state index contributed by atoms with van der Waals surface area (Å²) in [6.07, 6.45) is 2.56. The highest BCUT2D eigenvalue weighted by Gasteiger charge is 2.14. The number of para-hydroxylation sites is 1. The Bertz CT molecular complexity index is 393. The van der Waals surface area contributed by atoms with Gasteiger partial charge in [0.1, 0.15) is 0 Å². The van der Waals surface area contributed by atoms with Crippen molar-refractivity contribution in [1.82, 2.24) is 5.32 Å². The second-order valence-corrected chi connectivity index (χ2v) is 5.81. The standard InChI is InChI=1S/C18H32N2O/c1-6-12-19-17(7-2)16-10-8-9-11-18(16)20(5)13-14-21-15(3)4/h8-11,15,17,19H,6-7,12-14H2,1-5H3. The molecule has 0 aliphatic rings. The van der Waals surface area contributed by atoms with Gasteiger partial charge in [0.2, 0.25) is 0 Å². The van der Waals surface area contributed by atoms with Gasteiger partial charge in [-0.25, -0.2) is 0 Å². The Kier molecular flexibility index (Phi) is 8.40. The average molecular weight is 292 g/mol. The number of likely N-dealkylation sites (N-methyl/N-ethyl adjacent to an activating group) is 1. The van der Waals surface area contributed by atoms with Crippen LogP contribution in [0, 0.1) is 0 Å². The fraction of sp³-hybridized carbons (Fsp3) is 0.667. The van der Waals surface area contributed by atoms with Crippen molar-refractivity contribution in [2.45, 2.75) is 52.7 Å². The van der Waals surface area contributed by atoms with Crippen LogP contribution in [0.2, 0.25) is 0 Å². The lowest BCUT2D eigenvalue weighted by atomic mass is 10.0. The van der Waals surface area contributed by atoms with E-state index in [1.54, 1.807) is 0 Å². The Balaban J connectivity index is 2.76. The topological polar surface area (TPSA) is 24.5 Å². The number of rotatable bonds is 10. The first-order valence-electron chi connectivity index (χ1n) is 8.25. The molecule has 0 fully saturated rings. The molecule has 120 valence electrons. The first-order chi connectivity index (χ1) is 10.1. The zero-order chi connectivity index (χ0) is 15.7. The molecule has 1 unspecified atom stereocenters. The Morgan fingerprint density at radius 3 is 2.52 bits per heavy atom. The smallest absolute Gasteiger partial charge is 0.0644 e. The largest absolute Gasteiger partial charge is 0.377 e. The summed E-state index contributed by atoms with van der Waals surface area (Å²) in [6, 6.07) is 9.13. The van der Waals surface area contributed by atoms with E-state index in [1.807, 2.05) is 0 Å². The van der Waals surface area contributed by atoms with E-state index in [2.05, 4.69) is 69.2 Å². The third-order valence-electron chi connectivity index (χ3n) is 3.65. The van der Waals surface area contributed by atoms with Crippen molar-refractivity contribution in [3.8, 4) is 0 Å². The molecule has 1 rings (SSSR count). The summed E-state index contributed by atoms with van der Waals surface area (Å²) >= 11 is 0. The van der Waals surface area contributed by atoms with Crippen LogP contribution in [0.1, 0.15) is 52.1 Å². The molecular formula is C18H32N2O. The predicted molar refractivity (Wildman–Crippen MR) is 92.1 cm³/mol. The van der Waals surface area contributed by atoms with Crippen molar-refractivity contribution >= 4 is 5.69 Å². The van der Waals surface area contributed by atoms with E-state index in [0.717, 1.165) is 32.5 Å². The van der Waals surface area contributed by atoms with E-state index in [4.69, 9.17) is 4.74 Å². The number of hydrogen-bond acceptors (Lipinski definition) is 3. The highest BCUT2D eigenvalue weighted by atomic mass is 16.5. The summed E-state index contributed by atoms with van der Waals surface area (Å²) in [7, 11) is 2.15. The highest BCUT2D eigenvalue weighted by molar-refractivity contribution is 5.54. The number of anilines is 1. The number of nitrogens with one attached hydrogen (secondary N) is 1. The first kappa shape index (κ1) is 18.0. The van der Waals surface area contributed by atoms with Crippen LogP contribution >= 0.6 is 0 Å². The highest BCUT2D eigenvalue weighted by Crippen LogP contribution is 2.27. The molecule has 1 atom stereocenters. The average Bonchev–Trinajstić information content (AvgIpc) is 2.48. The summed E-state index contributed by atoms with van der Waals surface area (Å²) in [5.41, 5.74) is 2.70. The molecule has 0 aliphatic heterocycles. The van der Waals surface area contributed by atoms with E-state index in [0.29, 0.717) is 12.1 Å². The van der Waals surface area contributed by atoms with Crippen LogP contribution in [0.3, 0.4) is 0 Å². The first-order valence-corrected chi connectivity index (χ1v) is 8.25. The maximum absolute atomic E-state index is 5.67. The molecule has 3 nitrogen and oxygen atoms in total. The lowest BCUT2D eigenvalue weighted by Gasteiger charge is -2.27. The number of hydrogen-bond donors (Lipinski definition) is 1. The van der Waals surface area contributed by atoms with E-state index in [1.165, 1.54) is 11.3 Å². The van der Waals surface area contributed by atoms with Crippen molar-refractivity contribution in [3.05, 3.63) is 29.8 Å². The molecule has 1 N–H and O–H groups in total. The van der Waals surface area contributed by atoms with Crippen molar-refractivity contribution in [2.24, 2.45) is 0 Å². The van der Waals surface area contributed by atoms with Gasteiger partial charge in [-0.15, -0.1) is 0 Å². The number of ether oxygens (including phenoxy) is 1. The molecule has 0 saturated heterocycles. The van der Waals surface area contributed by atoms with Crippen molar-refractivity contribution in [2.75, 3.05) is 31.6 Å². The Hall–Kier alpha value is -1.06. The van der Waals surface area contributed by atoms with Crippen molar-refractivity contribution in [3.63, 3.8) is 0 Å². The van der Waals surface area contributed by atoms with Crippen LogP contribution in [0.4, 0.5) is 5.69 Å². The van der Waals surface area contributed by atoms with Gasteiger partial charge in [0.05, 0.1) is 12.7 Å². The minimum Gasteiger partial charge on any atom is -0.377 e. The van der Waals surface area contributed by atoms with Crippen LogP contribution in [-0.2, 0) is 4.74 Å². The summed E-state index contributed by atoms with van der Waals surface area (Å²) in [6.45, 7) is 11.4. The summed E-state index contributed by atoms with van der Waals surface area (Å²) in [5.74, 6) is 0. The fourth-order valence-electron chi connectivity index (χ4n) is 2.47. The SMILES string of the molecule is CCCNC(CC)c1ccccc1N(C)CCOC(C)C. The van der Waals surface area contributed by atoms with Crippen LogP contribution in [0.5, 0.6) is 0 Å². The molecular weight excluding hydrogens is 260 g/mol. The van der Waals surface area contributed by atoms with Crippen LogP contribution in [0.25, 0.3) is 0 Å². The molecule has 0 spiro atoms. The molecule has 0 aliphatic carbocycles. The van der Waals surface area contributed by atoms with Crippen molar-refractivity contribution in [1.29, 1.82) is 0 Å². The van der Waals surface area contributed by atoms with E-state index in [-0.39, 0.29) is 0 Å². The zero-order valence-electron chi connectivity index (χ0n) is 14.4.